The molecule has 0 aliphatic carbocycles. The van der Waals surface area contributed by atoms with Crippen molar-refractivity contribution >= 4 is 33.2 Å². The van der Waals surface area contributed by atoms with Crippen molar-refractivity contribution in [3.8, 4) is 0 Å². The third-order valence-corrected chi connectivity index (χ3v) is 7.07. The number of hydrogen-bond acceptors (Lipinski definition) is 3. The van der Waals surface area contributed by atoms with E-state index in [1.165, 1.54) is 46.6 Å². The standard InChI is InChI=1S/C24H22ClFN2O3S/c1-3-15-28(20-10-5-4-6-11-20)32(30,31)23-16-18(13-14-21(23)25)24(29)27(2)17-19-9-7-8-12-22(19)26/h3-14,16H,1,15,17H2,2H3. The largest absolute Gasteiger partial charge is 0.337 e. The maximum absolute atomic E-state index is 14.0. The Morgan fingerprint density at radius 2 is 1.72 bits per heavy atom. The van der Waals surface area contributed by atoms with Crippen LogP contribution in [-0.2, 0) is 16.6 Å². The van der Waals surface area contributed by atoms with Gasteiger partial charge in [0.25, 0.3) is 15.9 Å². The average molecular weight is 473 g/mol. The molecule has 0 bridgehead atoms. The van der Waals surface area contributed by atoms with Crippen LogP contribution < -0.4 is 4.31 Å². The molecule has 3 aromatic carbocycles. The van der Waals surface area contributed by atoms with Crippen LogP contribution in [0.2, 0.25) is 5.02 Å². The molecule has 8 heteroatoms. The van der Waals surface area contributed by atoms with E-state index >= 15 is 0 Å². The minimum atomic E-state index is -4.09. The molecule has 0 spiro atoms. The molecule has 0 atom stereocenters. The Kier molecular flexibility index (Phi) is 7.33. The summed E-state index contributed by atoms with van der Waals surface area (Å²) in [6.07, 6.45) is 1.47. The smallest absolute Gasteiger partial charge is 0.266 e. The van der Waals surface area contributed by atoms with Gasteiger partial charge in [-0.15, -0.1) is 6.58 Å². The molecule has 0 aromatic heterocycles. The third kappa shape index (κ3) is 5.00. The van der Waals surface area contributed by atoms with E-state index in [9.17, 15) is 17.6 Å². The van der Waals surface area contributed by atoms with Gasteiger partial charge in [0.15, 0.2) is 0 Å². The first kappa shape index (κ1) is 23.5. The quantitative estimate of drug-likeness (QED) is 0.427. The first-order valence-electron chi connectivity index (χ1n) is 9.73. The number of carbonyl (C=O) groups is 1. The normalized spacial score (nSPS) is 11.1. The summed E-state index contributed by atoms with van der Waals surface area (Å²) in [7, 11) is -2.58. The van der Waals surface area contributed by atoms with Crippen molar-refractivity contribution in [3.63, 3.8) is 0 Å². The molecule has 5 nitrogen and oxygen atoms in total. The number of nitrogens with zero attached hydrogens (tertiary/aromatic N) is 2. The Bertz CT molecular complexity index is 1230. The third-order valence-electron chi connectivity index (χ3n) is 4.80. The molecule has 0 fully saturated rings. The van der Waals surface area contributed by atoms with Gasteiger partial charge in [-0.2, -0.15) is 0 Å². The van der Waals surface area contributed by atoms with Gasteiger partial charge in [-0.05, 0) is 36.4 Å². The zero-order chi connectivity index (χ0) is 23.3. The topological polar surface area (TPSA) is 57.7 Å². The Morgan fingerprint density at radius 3 is 2.38 bits per heavy atom. The lowest BCUT2D eigenvalue weighted by Gasteiger charge is -2.24. The van der Waals surface area contributed by atoms with E-state index in [2.05, 4.69) is 6.58 Å². The van der Waals surface area contributed by atoms with E-state index in [1.54, 1.807) is 48.5 Å². The predicted molar refractivity (Wildman–Crippen MR) is 125 cm³/mol. The summed E-state index contributed by atoms with van der Waals surface area (Å²) in [4.78, 5) is 14.1. The zero-order valence-corrected chi connectivity index (χ0v) is 19.0. The van der Waals surface area contributed by atoms with Gasteiger partial charge in [-0.25, -0.2) is 12.8 Å². The highest BCUT2D eigenvalue weighted by Gasteiger charge is 2.28. The van der Waals surface area contributed by atoms with Crippen molar-refractivity contribution in [3.05, 3.63) is 107 Å². The molecular weight excluding hydrogens is 451 g/mol. The molecule has 0 saturated heterocycles. The Balaban J connectivity index is 1.96. The van der Waals surface area contributed by atoms with E-state index < -0.39 is 21.7 Å². The number of anilines is 1. The van der Waals surface area contributed by atoms with Gasteiger partial charge in [0.05, 0.1) is 17.3 Å². The number of rotatable bonds is 8. The zero-order valence-electron chi connectivity index (χ0n) is 17.4. The molecule has 32 heavy (non-hydrogen) atoms. The number of carbonyl (C=O) groups excluding carboxylic acids is 1. The molecule has 0 aliphatic rings. The van der Waals surface area contributed by atoms with Crippen molar-refractivity contribution in [2.24, 2.45) is 0 Å². The Hall–Kier alpha value is -3.16. The van der Waals surface area contributed by atoms with Crippen molar-refractivity contribution < 1.29 is 17.6 Å². The van der Waals surface area contributed by atoms with Crippen LogP contribution >= 0.6 is 11.6 Å². The minimum absolute atomic E-state index is 0.0108. The number of sulfonamides is 1. The summed E-state index contributed by atoms with van der Waals surface area (Å²) >= 11 is 6.24. The van der Waals surface area contributed by atoms with Crippen molar-refractivity contribution in [2.75, 3.05) is 17.9 Å². The minimum Gasteiger partial charge on any atom is -0.337 e. The first-order chi connectivity index (χ1) is 15.3. The Labute approximate surface area is 192 Å². The lowest BCUT2D eigenvalue weighted by molar-refractivity contribution is 0.0783. The predicted octanol–water partition coefficient (Wildman–Crippen LogP) is 5.13. The second-order valence-electron chi connectivity index (χ2n) is 7.06. The molecule has 1 amide bonds. The fourth-order valence-electron chi connectivity index (χ4n) is 3.18. The van der Waals surface area contributed by atoms with Crippen molar-refractivity contribution in [1.29, 1.82) is 0 Å². The molecule has 0 saturated carbocycles. The summed E-state index contributed by atoms with van der Waals surface area (Å²) in [5.41, 5.74) is 0.918. The van der Waals surface area contributed by atoms with Gasteiger partial charge >= 0.3 is 0 Å². The highest BCUT2D eigenvalue weighted by Crippen LogP contribution is 2.30. The summed E-state index contributed by atoms with van der Waals surface area (Å²) in [6.45, 7) is 3.69. The monoisotopic (exact) mass is 472 g/mol. The van der Waals surface area contributed by atoms with Crippen molar-refractivity contribution in [1.82, 2.24) is 4.90 Å². The Morgan fingerprint density at radius 1 is 1.06 bits per heavy atom. The summed E-state index contributed by atoms with van der Waals surface area (Å²) in [6, 6.07) is 18.8. The van der Waals surface area contributed by atoms with Gasteiger partial charge in [-0.1, -0.05) is 54.1 Å². The van der Waals surface area contributed by atoms with Crippen molar-refractivity contribution in [2.45, 2.75) is 11.4 Å². The molecule has 0 N–H and O–H groups in total. The molecule has 0 heterocycles. The molecule has 3 aromatic rings. The maximum Gasteiger partial charge on any atom is 0.266 e. The summed E-state index contributed by atoms with van der Waals surface area (Å²) < 4.78 is 42.0. The maximum atomic E-state index is 14.0. The second kappa shape index (κ2) is 9.97. The molecule has 3 rings (SSSR count). The number of para-hydroxylation sites is 1. The van der Waals surface area contributed by atoms with Crippen LogP contribution in [0.25, 0.3) is 0 Å². The van der Waals surface area contributed by atoms with E-state index in [0.29, 0.717) is 11.3 Å². The highest BCUT2D eigenvalue weighted by atomic mass is 35.5. The van der Waals surface area contributed by atoms with Gasteiger partial charge in [0.2, 0.25) is 0 Å². The SMILES string of the molecule is C=CCN(c1ccccc1)S(=O)(=O)c1cc(C(=O)N(C)Cc2ccccc2F)ccc1Cl. The molecular formula is C24H22ClFN2O3S. The number of amides is 1. The van der Waals surface area contributed by atoms with Gasteiger partial charge in [0.1, 0.15) is 10.7 Å². The van der Waals surface area contributed by atoms with Crippen LogP contribution in [0.1, 0.15) is 15.9 Å². The molecule has 0 radical (unpaired) electrons. The number of hydrogen-bond donors (Lipinski definition) is 0. The molecule has 0 unspecified atom stereocenters. The fraction of sp³-hybridized carbons (Fsp3) is 0.125. The van der Waals surface area contributed by atoms with E-state index in [4.69, 9.17) is 11.6 Å². The molecule has 166 valence electrons. The first-order valence-corrected chi connectivity index (χ1v) is 11.5. The van der Waals surface area contributed by atoms with E-state index in [0.717, 1.165) is 0 Å². The van der Waals surface area contributed by atoms with E-state index in [1.807, 2.05) is 0 Å². The van der Waals surface area contributed by atoms with Crippen LogP contribution in [0.5, 0.6) is 0 Å². The number of benzene rings is 3. The van der Waals surface area contributed by atoms with Crippen LogP contribution in [0.15, 0.2) is 90.3 Å². The van der Waals surface area contributed by atoms with E-state index in [-0.39, 0.29) is 28.6 Å². The lowest BCUT2D eigenvalue weighted by Crippen LogP contribution is -2.32. The summed E-state index contributed by atoms with van der Waals surface area (Å²) in [5.74, 6) is -0.884. The van der Waals surface area contributed by atoms with Crippen LogP contribution in [0, 0.1) is 5.82 Å². The average Bonchev–Trinajstić information content (AvgIpc) is 2.79. The second-order valence-corrected chi connectivity index (χ2v) is 9.30. The van der Waals surface area contributed by atoms with Gasteiger partial charge in [0, 0.05) is 24.7 Å². The number of halogens is 2. The van der Waals surface area contributed by atoms with Crippen LogP contribution in [0.4, 0.5) is 10.1 Å². The highest BCUT2D eigenvalue weighted by molar-refractivity contribution is 7.93. The van der Waals surface area contributed by atoms with Gasteiger partial charge < -0.3 is 4.90 Å². The lowest BCUT2D eigenvalue weighted by atomic mass is 10.1. The fourth-order valence-corrected chi connectivity index (χ4v) is 5.12. The van der Waals surface area contributed by atoms with Crippen LogP contribution in [0.3, 0.4) is 0 Å². The molecule has 0 aliphatic heterocycles. The summed E-state index contributed by atoms with van der Waals surface area (Å²) in [5, 5.41) is -0.0108. The van der Waals surface area contributed by atoms with Crippen LogP contribution in [-0.4, -0.2) is 32.8 Å². The van der Waals surface area contributed by atoms with Gasteiger partial charge in [-0.3, -0.25) is 9.10 Å².